The lowest BCUT2D eigenvalue weighted by Crippen LogP contribution is -2.67. The van der Waals surface area contributed by atoms with Crippen molar-refractivity contribution >= 4 is 11.8 Å². The molecule has 0 aromatic carbocycles. The second kappa shape index (κ2) is 5.36. The Bertz CT molecular complexity index is 337. The molecule has 2 fully saturated rings. The van der Waals surface area contributed by atoms with E-state index in [4.69, 9.17) is 5.73 Å². The third-order valence-corrected chi connectivity index (χ3v) is 4.57. The maximum atomic E-state index is 12.3. The van der Waals surface area contributed by atoms with E-state index in [1.54, 1.807) is 0 Å². The van der Waals surface area contributed by atoms with Gasteiger partial charge in [0.1, 0.15) is 13.1 Å². The van der Waals surface area contributed by atoms with E-state index in [2.05, 4.69) is 11.9 Å². The molecular formula is C13H24N3O2+. The van der Waals surface area contributed by atoms with Crippen LogP contribution in [0.4, 0.5) is 0 Å². The van der Waals surface area contributed by atoms with E-state index in [0.717, 1.165) is 51.9 Å². The van der Waals surface area contributed by atoms with E-state index >= 15 is 0 Å². The maximum absolute atomic E-state index is 12.3. The first-order chi connectivity index (χ1) is 8.60. The fourth-order valence-corrected chi connectivity index (χ4v) is 3.35. The molecule has 0 aromatic heterocycles. The summed E-state index contributed by atoms with van der Waals surface area (Å²) in [5, 5.41) is 2.26. The van der Waals surface area contributed by atoms with Crippen molar-refractivity contribution in [2.75, 3.05) is 26.2 Å². The zero-order chi connectivity index (χ0) is 13.2. The van der Waals surface area contributed by atoms with Crippen molar-refractivity contribution in [3.05, 3.63) is 0 Å². The number of quaternary nitrogens is 1. The number of likely N-dealkylation sites (tertiary alicyclic amines) is 1. The quantitative estimate of drug-likeness (QED) is 0.752. The van der Waals surface area contributed by atoms with Crippen LogP contribution in [0.3, 0.4) is 0 Å². The maximum Gasteiger partial charge on any atom is 0.332 e. The van der Waals surface area contributed by atoms with Gasteiger partial charge in [0.15, 0.2) is 0 Å². The summed E-state index contributed by atoms with van der Waals surface area (Å²) in [4.78, 5) is 23.5. The third-order valence-electron chi connectivity index (χ3n) is 4.57. The average molecular weight is 254 g/mol. The van der Waals surface area contributed by atoms with Gasteiger partial charge in [-0.3, -0.25) is 4.79 Å². The first-order valence-corrected chi connectivity index (χ1v) is 7.05. The molecule has 1 unspecified atom stereocenters. The molecule has 0 saturated carbocycles. The lowest BCUT2D eigenvalue weighted by atomic mass is 9.96. The molecule has 2 aliphatic rings. The zero-order valence-electron chi connectivity index (χ0n) is 11.2. The van der Waals surface area contributed by atoms with Crippen molar-refractivity contribution < 1.29 is 14.2 Å². The van der Waals surface area contributed by atoms with Gasteiger partial charge >= 0.3 is 5.91 Å². The Labute approximate surface area is 108 Å². The minimum atomic E-state index is -0.192. The van der Waals surface area contributed by atoms with Gasteiger partial charge in [0.2, 0.25) is 5.91 Å². The van der Waals surface area contributed by atoms with Crippen molar-refractivity contribution in [3.63, 3.8) is 0 Å². The second-order valence-corrected chi connectivity index (χ2v) is 5.44. The molecule has 0 spiro atoms. The van der Waals surface area contributed by atoms with Crippen molar-refractivity contribution in [3.8, 4) is 0 Å². The molecule has 1 atom stereocenters. The first kappa shape index (κ1) is 13.5. The number of rotatable bonds is 3. The van der Waals surface area contributed by atoms with Gasteiger partial charge in [-0.15, -0.1) is 5.01 Å². The molecule has 2 aliphatic heterocycles. The van der Waals surface area contributed by atoms with Gasteiger partial charge < -0.3 is 5.73 Å². The predicted molar refractivity (Wildman–Crippen MR) is 68.0 cm³/mol. The Morgan fingerprint density at radius 1 is 1.39 bits per heavy atom. The summed E-state index contributed by atoms with van der Waals surface area (Å²) in [5.41, 5.74) is 5.35. The fourth-order valence-electron chi connectivity index (χ4n) is 3.35. The molecule has 0 aliphatic carbocycles. The number of nitrogens with zero attached hydrogens (tertiary/aromatic N) is 2. The summed E-state index contributed by atoms with van der Waals surface area (Å²) in [5.74, 6) is 0.155. The number of primary amides is 1. The smallest absolute Gasteiger partial charge is 0.332 e. The van der Waals surface area contributed by atoms with Gasteiger partial charge in [0.25, 0.3) is 0 Å². The van der Waals surface area contributed by atoms with Gasteiger partial charge in [-0.05, 0) is 32.6 Å². The first-order valence-electron chi connectivity index (χ1n) is 7.05. The van der Waals surface area contributed by atoms with E-state index in [-0.39, 0.29) is 11.8 Å². The van der Waals surface area contributed by atoms with Gasteiger partial charge in [0.05, 0.1) is 6.42 Å². The molecule has 18 heavy (non-hydrogen) atoms. The van der Waals surface area contributed by atoms with Crippen molar-refractivity contribution in [1.29, 1.82) is 0 Å². The van der Waals surface area contributed by atoms with Gasteiger partial charge in [-0.1, -0.05) is 0 Å². The highest BCUT2D eigenvalue weighted by atomic mass is 16.2. The number of amides is 2. The second-order valence-electron chi connectivity index (χ2n) is 5.44. The molecule has 2 heterocycles. The van der Waals surface area contributed by atoms with E-state index in [1.165, 1.54) is 0 Å². The van der Waals surface area contributed by atoms with Gasteiger partial charge in [-0.2, -0.15) is 4.59 Å². The summed E-state index contributed by atoms with van der Waals surface area (Å²) in [6, 6.07) is 0. The molecule has 5 nitrogen and oxygen atoms in total. The number of piperidine rings is 2. The monoisotopic (exact) mass is 254 g/mol. The Hall–Kier alpha value is -0.940. The topological polar surface area (TPSA) is 63.4 Å². The number of hydrogen-bond acceptors (Lipinski definition) is 3. The predicted octanol–water partition coefficient (Wildman–Crippen LogP) is 0.646. The third kappa shape index (κ3) is 2.29. The molecule has 102 valence electrons. The van der Waals surface area contributed by atoms with Crippen molar-refractivity contribution in [2.24, 2.45) is 11.7 Å². The highest BCUT2D eigenvalue weighted by molar-refractivity contribution is 5.76. The Balaban J connectivity index is 2.06. The molecule has 0 radical (unpaired) electrons. The minimum Gasteiger partial charge on any atom is -0.369 e. The summed E-state index contributed by atoms with van der Waals surface area (Å²) in [6.07, 6.45) is 4.43. The standard InChI is InChI=1S/C13H23N3O2/c1-2-16(10-4-3-5-12(16)17)15-8-6-11(7-9-15)13(14)18/h11H,2-10H2,1H3,(H-,14,18)/p+1. The average Bonchev–Trinajstić information content (AvgIpc) is 2.40. The number of hydrogen-bond donors (Lipinski definition) is 1. The fraction of sp³-hybridized carbons (Fsp3) is 0.846. The summed E-state index contributed by atoms with van der Waals surface area (Å²) in [6.45, 7) is 5.47. The Morgan fingerprint density at radius 3 is 2.56 bits per heavy atom. The lowest BCUT2D eigenvalue weighted by molar-refractivity contribution is -0.971. The molecule has 2 amide bonds. The molecule has 0 aromatic rings. The number of nitrogens with two attached hydrogens (primary N) is 1. The van der Waals surface area contributed by atoms with E-state index in [0.29, 0.717) is 16.9 Å². The van der Waals surface area contributed by atoms with Crippen LogP contribution in [0.1, 0.15) is 39.0 Å². The largest absolute Gasteiger partial charge is 0.369 e. The van der Waals surface area contributed by atoms with Crippen LogP contribution in [0.5, 0.6) is 0 Å². The lowest BCUT2D eigenvalue weighted by Gasteiger charge is -2.47. The van der Waals surface area contributed by atoms with Crippen molar-refractivity contribution in [2.45, 2.75) is 39.0 Å². The summed E-state index contributed by atoms with van der Waals surface area (Å²) in [7, 11) is 0. The molecule has 2 N–H and O–H groups in total. The molecule has 2 saturated heterocycles. The summed E-state index contributed by atoms with van der Waals surface area (Å²) < 4.78 is 0.505. The van der Waals surface area contributed by atoms with Crippen LogP contribution in [0.15, 0.2) is 0 Å². The number of carbonyl (C=O) groups excluding carboxylic acids is 2. The highest BCUT2D eigenvalue weighted by Crippen LogP contribution is 2.28. The molecule has 0 bridgehead atoms. The van der Waals surface area contributed by atoms with Crippen LogP contribution >= 0.6 is 0 Å². The zero-order valence-corrected chi connectivity index (χ0v) is 11.2. The van der Waals surface area contributed by atoms with E-state index in [9.17, 15) is 9.59 Å². The highest BCUT2D eigenvalue weighted by Gasteiger charge is 2.44. The van der Waals surface area contributed by atoms with E-state index in [1.807, 2.05) is 0 Å². The van der Waals surface area contributed by atoms with Crippen molar-refractivity contribution in [1.82, 2.24) is 5.01 Å². The van der Waals surface area contributed by atoms with Gasteiger partial charge in [0, 0.05) is 19.0 Å². The Morgan fingerprint density at radius 2 is 2.06 bits per heavy atom. The molecule has 2 rings (SSSR count). The van der Waals surface area contributed by atoms with E-state index < -0.39 is 0 Å². The van der Waals surface area contributed by atoms with Crippen LogP contribution in [-0.4, -0.2) is 47.6 Å². The Kier molecular flexibility index (Phi) is 4.02. The van der Waals surface area contributed by atoms with Gasteiger partial charge in [-0.25, -0.2) is 4.79 Å². The van der Waals surface area contributed by atoms with Crippen LogP contribution in [0, 0.1) is 5.92 Å². The molecular weight excluding hydrogens is 230 g/mol. The van der Waals surface area contributed by atoms with Crippen LogP contribution in [-0.2, 0) is 9.59 Å². The van der Waals surface area contributed by atoms with Crippen LogP contribution in [0.2, 0.25) is 0 Å². The van der Waals surface area contributed by atoms with Crippen LogP contribution in [0.25, 0.3) is 0 Å². The van der Waals surface area contributed by atoms with Crippen LogP contribution < -0.4 is 5.73 Å². The minimum absolute atomic E-state index is 0.00181. The SMILES string of the molecule is CC[N+]1(N2CCC(C(N)=O)CC2)CCCCC1=O. The molecule has 5 heteroatoms. The summed E-state index contributed by atoms with van der Waals surface area (Å²) >= 11 is 0. The normalized spacial score (nSPS) is 31.5. The number of carbonyl (C=O) groups is 2.